The fourth-order valence-corrected chi connectivity index (χ4v) is 4.92. The van der Waals surface area contributed by atoms with Crippen LogP contribution in [-0.2, 0) is 24.9 Å². The maximum absolute atomic E-state index is 11.7. The largest absolute Gasteiger partial charge is 0.512 e. The summed E-state index contributed by atoms with van der Waals surface area (Å²) in [6.45, 7) is 8.07. The van der Waals surface area contributed by atoms with Crippen molar-refractivity contribution in [3.63, 3.8) is 0 Å². The van der Waals surface area contributed by atoms with Crippen LogP contribution in [0.25, 0.3) is 43.6 Å². The molecule has 5 rings (SSSR count). The van der Waals surface area contributed by atoms with E-state index >= 15 is 0 Å². The average molecular weight is 684 g/mol. The van der Waals surface area contributed by atoms with Crippen LogP contribution in [0.3, 0.4) is 0 Å². The number of ketones is 1. The number of aromatic nitrogens is 2. The molecular formula is C33H35IrN2O2-. The predicted molar refractivity (Wildman–Crippen MR) is 155 cm³/mol. The summed E-state index contributed by atoms with van der Waals surface area (Å²) in [6.07, 6.45) is 4.91. The van der Waals surface area contributed by atoms with Gasteiger partial charge in [-0.15, -0.1) is 29.7 Å². The van der Waals surface area contributed by atoms with Gasteiger partial charge in [-0.3, -0.25) is 14.8 Å². The molecular weight excluding hydrogens is 649 g/mol. The summed E-state index contributed by atoms with van der Waals surface area (Å²) >= 11 is 0. The smallest absolute Gasteiger partial charge is 0.162 e. The van der Waals surface area contributed by atoms with Crippen LogP contribution in [0.15, 0.2) is 78.6 Å². The zero-order chi connectivity index (χ0) is 26.4. The second-order valence-electron chi connectivity index (χ2n) is 9.41. The Morgan fingerprint density at radius 1 is 0.763 bits per heavy atom. The van der Waals surface area contributed by atoms with Crippen molar-refractivity contribution in [2.45, 2.75) is 53.4 Å². The van der Waals surface area contributed by atoms with Crippen molar-refractivity contribution in [3.05, 3.63) is 84.6 Å². The molecule has 4 aromatic carbocycles. The zero-order valence-electron chi connectivity index (χ0n) is 22.5. The molecule has 0 bridgehead atoms. The Bertz CT molecular complexity index is 1480. The molecule has 0 atom stereocenters. The van der Waals surface area contributed by atoms with E-state index in [2.05, 4.69) is 36.4 Å². The second kappa shape index (κ2) is 13.6. The van der Waals surface area contributed by atoms with Crippen molar-refractivity contribution in [1.29, 1.82) is 0 Å². The van der Waals surface area contributed by atoms with Gasteiger partial charge in [0, 0.05) is 43.5 Å². The number of nitrogens with zero attached hydrogens (tertiary/aromatic N) is 2. The van der Waals surface area contributed by atoms with E-state index in [1.54, 1.807) is 0 Å². The maximum Gasteiger partial charge on any atom is 0.162 e. The Morgan fingerprint density at radius 2 is 1.29 bits per heavy atom. The van der Waals surface area contributed by atoms with Crippen molar-refractivity contribution in [2.24, 2.45) is 11.8 Å². The first-order valence-corrected chi connectivity index (χ1v) is 13.3. The summed E-state index contributed by atoms with van der Waals surface area (Å²) in [6, 6.07) is 25.8. The predicted octanol–water partition coefficient (Wildman–Crippen LogP) is 8.76. The third kappa shape index (κ3) is 6.11. The average Bonchev–Trinajstić information content (AvgIpc) is 2.94. The van der Waals surface area contributed by atoms with Crippen LogP contribution in [0.2, 0.25) is 0 Å². The summed E-state index contributed by atoms with van der Waals surface area (Å²) in [5.74, 6) is 0.547. The number of carbonyl (C=O) groups is 1. The van der Waals surface area contributed by atoms with E-state index < -0.39 is 0 Å². The molecule has 0 aliphatic rings. The van der Waals surface area contributed by atoms with Gasteiger partial charge in [0.2, 0.25) is 0 Å². The first-order valence-electron chi connectivity index (χ1n) is 13.3. The number of fused-ring (bicyclic) bond motifs is 7. The summed E-state index contributed by atoms with van der Waals surface area (Å²) in [4.78, 5) is 21.5. The van der Waals surface area contributed by atoms with Gasteiger partial charge in [0.1, 0.15) is 0 Å². The Morgan fingerprint density at radius 3 is 1.89 bits per heavy atom. The first-order chi connectivity index (χ1) is 18.0. The molecule has 1 radical (unpaired) electrons. The molecule has 0 spiro atoms. The fraction of sp³-hybridized carbons (Fsp3) is 0.303. The van der Waals surface area contributed by atoms with Crippen LogP contribution < -0.4 is 0 Å². The minimum Gasteiger partial charge on any atom is -0.512 e. The van der Waals surface area contributed by atoms with Gasteiger partial charge in [-0.05, 0) is 43.2 Å². The van der Waals surface area contributed by atoms with E-state index in [1.807, 2.05) is 64.1 Å². The molecule has 0 saturated heterocycles. The van der Waals surface area contributed by atoms with Crippen LogP contribution in [-0.4, -0.2) is 20.9 Å². The third-order valence-corrected chi connectivity index (χ3v) is 7.22. The Kier molecular flexibility index (Phi) is 10.5. The normalized spacial score (nSPS) is 11.7. The molecule has 1 N–H and O–H groups in total. The Balaban J connectivity index is 0.000000223. The summed E-state index contributed by atoms with van der Waals surface area (Å²) in [5.41, 5.74) is 3.72. The molecule has 4 nitrogen and oxygen atoms in total. The molecule has 0 unspecified atom stereocenters. The molecule has 199 valence electrons. The van der Waals surface area contributed by atoms with E-state index in [0.29, 0.717) is 0 Å². The van der Waals surface area contributed by atoms with Crippen molar-refractivity contribution in [3.8, 4) is 0 Å². The number of para-hydroxylation sites is 2. The summed E-state index contributed by atoms with van der Waals surface area (Å²) in [5, 5.41) is 14.3. The number of hydrogen-bond acceptors (Lipinski definition) is 4. The molecule has 1 heterocycles. The molecule has 0 aliphatic carbocycles. The molecule has 1 aromatic heterocycles. The van der Waals surface area contributed by atoms with Gasteiger partial charge < -0.3 is 5.11 Å². The molecule has 5 aromatic rings. The van der Waals surface area contributed by atoms with Gasteiger partial charge in [-0.1, -0.05) is 74.9 Å². The SMILES string of the molecule is CCC(CC)C(=O)C=C(O)C(CC)CC.[Ir].[c-]1cccc2c1c1nc3ccccc3nc1c1ccccc21. The van der Waals surface area contributed by atoms with Crippen LogP contribution in [0, 0.1) is 17.9 Å². The number of allylic oxidation sites excluding steroid dienone is 2. The standard InChI is InChI=1S/C20H11N2.C13H24O2.Ir/c1-3-9-15-13(7-1)14-8-2-4-10-16(14)20-19(15)21-17-11-5-6-12-18(17)22-20;1-5-10(6-2)12(14)9-13(15)11(7-3)8-4;/h1-9,11-12H;9-11,14H,5-8H2,1-4H3;/q-1;;. The van der Waals surface area contributed by atoms with E-state index in [1.165, 1.54) is 16.8 Å². The van der Waals surface area contributed by atoms with E-state index in [4.69, 9.17) is 9.97 Å². The van der Waals surface area contributed by atoms with Crippen LogP contribution in [0.5, 0.6) is 0 Å². The van der Waals surface area contributed by atoms with Crippen LogP contribution in [0.1, 0.15) is 53.4 Å². The summed E-state index contributed by atoms with van der Waals surface area (Å²) < 4.78 is 0. The van der Waals surface area contributed by atoms with Crippen molar-refractivity contribution in [2.75, 3.05) is 0 Å². The number of carbonyl (C=O) groups excluding carboxylic acids is 1. The third-order valence-electron chi connectivity index (χ3n) is 7.22. The number of benzene rings is 4. The molecule has 0 fully saturated rings. The quantitative estimate of drug-likeness (QED) is 0.0613. The van der Waals surface area contributed by atoms with Crippen molar-refractivity contribution < 1.29 is 30.0 Å². The number of rotatable bonds is 7. The van der Waals surface area contributed by atoms with Gasteiger partial charge in [0.05, 0.1) is 22.3 Å². The van der Waals surface area contributed by atoms with E-state index in [-0.39, 0.29) is 43.5 Å². The Labute approximate surface area is 238 Å². The molecule has 0 aliphatic heterocycles. The topological polar surface area (TPSA) is 63.1 Å². The number of aliphatic hydroxyl groups excluding tert-OH is 1. The number of hydrogen-bond donors (Lipinski definition) is 1. The zero-order valence-corrected chi connectivity index (χ0v) is 24.9. The molecule has 0 saturated carbocycles. The first kappa shape index (κ1) is 29.4. The fourth-order valence-electron chi connectivity index (χ4n) is 4.92. The molecule has 38 heavy (non-hydrogen) atoms. The molecule has 0 amide bonds. The van der Waals surface area contributed by atoms with Gasteiger partial charge in [-0.2, -0.15) is 0 Å². The van der Waals surface area contributed by atoms with Crippen molar-refractivity contribution >= 4 is 49.4 Å². The van der Waals surface area contributed by atoms with Crippen molar-refractivity contribution in [1.82, 2.24) is 9.97 Å². The van der Waals surface area contributed by atoms with Crippen LogP contribution in [0.4, 0.5) is 0 Å². The van der Waals surface area contributed by atoms with Gasteiger partial charge >= 0.3 is 0 Å². The number of aliphatic hydroxyl groups is 1. The van der Waals surface area contributed by atoms with E-state index in [9.17, 15) is 9.90 Å². The minimum atomic E-state index is 0. The summed E-state index contributed by atoms with van der Waals surface area (Å²) in [7, 11) is 0. The minimum absolute atomic E-state index is 0. The second-order valence-corrected chi connectivity index (χ2v) is 9.41. The Hall–Kier alpha value is -3.14. The van der Waals surface area contributed by atoms with E-state index in [0.717, 1.165) is 58.5 Å². The monoisotopic (exact) mass is 684 g/mol. The van der Waals surface area contributed by atoms with Crippen LogP contribution >= 0.6 is 0 Å². The van der Waals surface area contributed by atoms with Gasteiger partial charge in [0.25, 0.3) is 0 Å². The van der Waals surface area contributed by atoms with Gasteiger partial charge in [0.15, 0.2) is 5.78 Å². The van der Waals surface area contributed by atoms with Gasteiger partial charge in [-0.25, -0.2) is 0 Å². The molecule has 5 heteroatoms. The maximum atomic E-state index is 11.7.